The molecule has 1 heterocycles. The van der Waals surface area contributed by atoms with E-state index in [2.05, 4.69) is 19.9 Å². The third kappa shape index (κ3) is 2.07. The van der Waals surface area contributed by atoms with Crippen LogP contribution in [0.25, 0.3) is 0 Å². The van der Waals surface area contributed by atoms with Gasteiger partial charge in [-0.15, -0.1) is 0 Å². The second-order valence-electron chi connectivity index (χ2n) is 6.52. The van der Waals surface area contributed by atoms with Crippen molar-refractivity contribution in [1.29, 1.82) is 0 Å². The minimum Gasteiger partial charge on any atom is -0.373 e. The molecular weight excluding hydrogens is 208 g/mol. The summed E-state index contributed by atoms with van der Waals surface area (Å²) in [6.45, 7) is 4.67. The van der Waals surface area contributed by atoms with E-state index in [1.807, 2.05) is 0 Å². The van der Waals surface area contributed by atoms with Gasteiger partial charge >= 0.3 is 0 Å². The Bertz CT molecular complexity index is 305. The van der Waals surface area contributed by atoms with Crippen LogP contribution in [0.1, 0.15) is 58.8 Å². The molecule has 0 spiro atoms. The lowest BCUT2D eigenvalue weighted by Gasteiger charge is -2.48. The van der Waals surface area contributed by atoms with Crippen molar-refractivity contribution in [3.8, 4) is 0 Å². The first kappa shape index (κ1) is 11.8. The van der Waals surface area contributed by atoms with Crippen LogP contribution in [0.3, 0.4) is 0 Å². The smallest absolute Gasteiger partial charge is 0.0667 e. The zero-order valence-electron chi connectivity index (χ0n) is 11.3. The van der Waals surface area contributed by atoms with E-state index in [0.29, 0.717) is 18.1 Å². The third-order valence-corrected chi connectivity index (χ3v) is 5.04. The molecule has 1 heteroatoms. The Balaban J connectivity index is 1.88. The van der Waals surface area contributed by atoms with Gasteiger partial charge in [0, 0.05) is 11.8 Å². The molecule has 0 unspecified atom stereocenters. The fourth-order valence-corrected chi connectivity index (χ4v) is 4.26. The lowest BCUT2D eigenvalue weighted by molar-refractivity contribution is -0.121. The molecule has 0 bridgehead atoms. The first-order valence-corrected chi connectivity index (χ1v) is 7.63. The number of rotatable bonds is 1. The highest BCUT2D eigenvalue weighted by molar-refractivity contribution is 5.20. The zero-order chi connectivity index (χ0) is 11.8. The van der Waals surface area contributed by atoms with Crippen LogP contribution < -0.4 is 0 Å². The minimum atomic E-state index is 0.501. The highest BCUT2D eigenvalue weighted by Crippen LogP contribution is 2.47. The highest BCUT2D eigenvalue weighted by atomic mass is 16.5. The maximum atomic E-state index is 6.48. The molecule has 0 amide bonds. The van der Waals surface area contributed by atoms with Crippen LogP contribution >= 0.6 is 0 Å². The molecule has 0 aromatic heterocycles. The van der Waals surface area contributed by atoms with E-state index < -0.39 is 0 Å². The number of ether oxygens (including phenoxy) is 1. The van der Waals surface area contributed by atoms with E-state index in [4.69, 9.17) is 4.74 Å². The molecule has 1 saturated heterocycles. The van der Waals surface area contributed by atoms with Gasteiger partial charge in [-0.05, 0) is 38.0 Å². The van der Waals surface area contributed by atoms with E-state index in [1.54, 1.807) is 5.57 Å². The molecule has 2 fully saturated rings. The predicted molar refractivity (Wildman–Crippen MR) is 70.9 cm³/mol. The van der Waals surface area contributed by atoms with Crippen LogP contribution in [0.15, 0.2) is 11.6 Å². The van der Waals surface area contributed by atoms with Crippen LogP contribution in [-0.4, -0.2) is 12.2 Å². The summed E-state index contributed by atoms with van der Waals surface area (Å²) in [6.07, 6.45) is 13.2. The number of hydrogen-bond acceptors (Lipinski definition) is 1. The number of fused-ring (bicyclic) bond motifs is 3. The first-order valence-electron chi connectivity index (χ1n) is 7.63. The molecular formula is C16H26O. The summed E-state index contributed by atoms with van der Waals surface area (Å²) in [5, 5.41) is 0. The van der Waals surface area contributed by atoms with Gasteiger partial charge in [0.05, 0.1) is 12.2 Å². The van der Waals surface area contributed by atoms with Gasteiger partial charge in [-0.1, -0.05) is 38.3 Å². The monoisotopic (exact) mass is 234 g/mol. The van der Waals surface area contributed by atoms with E-state index in [1.165, 1.54) is 44.9 Å². The van der Waals surface area contributed by atoms with Crippen LogP contribution in [0, 0.1) is 17.8 Å². The molecule has 0 radical (unpaired) electrons. The quantitative estimate of drug-likeness (QED) is 0.614. The predicted octanol–water partition coefficient (Wildman–Crippen LogP) is 4.33. The Morgan fingerprint density at radius 3 is 2.65 bits per heavy atom. The van der Waals surface area contributed by atoms with Crippen molar-refractivity contribution in [3.05, 3.63) is 11.6 Å². The lowest BCUT2D eigenvalue weighted by Crippen LogP contribution is -2.47. The van der Waals surface area contributed by atoms with Crippen molar-refractivity contribution in [2.45, 2.75) is 71.0 Å². The van der Waals surface area contributed by atoms with E-state index >= 15 is 0 Å². The molecule has 1 aliphatic heterocycles. The van der Waals surface area contributed by atoms with Gasteiger partial charge < -0.3 is 4.74 Å². The van der Waals surface area contributed by atoms with Crippen LogP contribution in [0.2, 0.25) is 0 Å². The molecule has 2 aliphatic carbocycles. The van der Waals surface area contributed by atoms with E-state index in [0.717, 1.165) is 11.8 Å². The third-order valence-electron chi connectivity index (χ3n) is 5.04. The number of allylic oxidation sites excluding steroid dienone is 1. The maximum Gasteiger partial charge on any atom is 0.0667 e. The minimum absolute atomic E-state index is 0.501. The van der Waals surface area contributed by atoms with Gasteiger partial charge in [0.15, 0.2) is 0 Å². The molecule has 96 valence electrons. The fourth-order valence-electron chi connectivity index (χ4n) is 4.26. The standard InChI is InChI=1S/C16H26O/c1-11(2)16-14-9-4-3-7-12(14)13-8-5-6-10-15(13)17-16/h7,11,13-16H,3-6,8-10H2,1-2H3/t13-,14-,15+,16+/m1/s1. The Hall–Kier alpha value is -0.300. The van der Waals surface area contributed by atoms with E-state index in [-0.39, 0.29) is 0 Å². The molecule has 0 aromatic carbocycles. The van der Waals surface area contributed by atoms with Crippen LogP contribution in [0.5, 0.6) is 0 Å². The molecule has 4 atom stereocenters. The first-order chi connectivity index (χ1) is 8.27. The van der Waals surface area contributed by atoms with Crippen molar-refractivity contribution in [2.75, 3.05) is 0 Å². The van der Waals surface area contributed by atoms with Gasteiger partial charge in [-0.2, -0.15) is 0 Å². The summed E-state index contributed by atoms with van der Waals surface area (Å²) in [5.74, 6) is 2.21. The largest absolute Gasteiger partial charge is 0.373 e. The average molecular weight is 234 g/mol. The van der Waals surface area contributed by atoms with Gasteiger partial charge in [0.25, 0.3) is 0 Å². The molecule has 0 aromatic rings. The van der Waals surface area contributed by atoms with Crippen molar-refractivity contribution in [1.82, 2.24) is 0 Å². The summed E-state index contributed by atoms with van der Waals surface area (Å²) in [5.41, 5.74) is 1.80. The van der Waals surface area contributed by atoms with Crippen molar-refractivity contribution in [2.24, 2.45) is 17.8 Å². The highest BCUT2D eigenvalue weighted by Gasteiger charge is 2.43. The van der Waals surface area contributed by atoms with Crippen molar-refractivity contribution in [3.63, 3.8) is 0 Å². The second kappa shape index (κ2) is 4.76. The van der Waals surface area contributed by atoms with Crippen molar-refractivity contribution < 1.29 is 4.74 Å². The van der Waals surface area contributed by atoms with E-state index in [9.17, 15) is 0 Å². The molecule has 1 saturated carbocycles. The van der Waals surface area contributed by atoms with Crippen LogP contribution in [-0.2, 0) is 4.74 Å². The summed E-state index contributed by atoms with van der Waals surface area (Å²) in [6, 6.07) is 0. The Morgan fingerprint density at radius 1 is 1.06 bits per heavy atom. The lowest BCUT2D eigenvalue weighted by atomic mass is 9.67. The fraction of sp³-hybridized carbons (Fsp3) is 0.875. The summed E-state index contributed by atoms with van der Waals surface area (Å²) >= 11 is 0. The topological polar surface area (TPSA) is 9.23 Å². The molecule has 3 aliphatic rings. The molecule has 3 rings (SSSR count). The zero-order valence-corrected chi connectivity index (χ0v) is 11.3. The van der Waals surface area contributed by atoms with Gasteiger partial charge in [0.2, 0.25) is 0 Å². The molecule has 0 N–H and O–H groups in total. The Kier molecular flexibility index (Phi) is 3.30. The SMILES string of the molecule is CC(C)[C@@H]1O[C@H]2CCCC[C@@H]2C2=CCCC[C@H]21. The van der Waals surface area contributed by atoms with Gasteiger partial charge in [-0.25, -0.2) is 0 Å². The number of hydrogen-bond donors (Lipinski definition) is 0. The Labute approximate surface area is 106 Å². The molecule has 17 heavy (non-hydrogen) atoms. The summed E-state index contributed by atoms with van der Waals surface area (Å²) < 4.78 is 6.48. The van der Waals surface area contributed by atoms with Crippen molar-refractivity contribution >= 4 is 0 Å². The molecule has 1 nitrogen and oxygen atoms in total. The summed E-state index contributed by atoms with van der Waals surface area (Å²) in [7, 11) is 0. The summed E-state index contributed by atoms with van der Waals surface area (Å²) in [4.78, 5) is 0. The maximum absolute atomic E-state index is 6.48. The average Bonchev–Trinajstić information content (AvgIpc) is 2.37. The normalized spacial score (nSPS) is 41.7. The Morgan fingerprint density at radius 2 is 1.82 bits per heavy atom. The second-order valence-corrected chi connectivity index (χ2v) is 6.52. The van der Waals surface area contributed by atoms with Gasteiger partial charge in [0.1, 0.15) is 0 Å². The van der Waals surface area contributed by atoms with Gasteiger partial charge in [-0.3, -0.25) is 0 Å². The van der Waals surface area contributed by atoms with Crippen LogP contribution in [0.4, 0.5) is 0 Å².